The van der Waals surface area contributed by atoms with E-state index in [1.54, 1.807) is 11.3 Å². The Bertz CT molecular complexity index is 1420. The molecule has 6 rings (SSSR count). The number of rotatable bonds is 3. The van der Waals surface area contributed by atoms with Gasteiger partial charge in [-0.25, -0.2) is 14.8 Å². The first-order valence-electron chi connectivity index (χ1n) is 12.1. The molecule has 0 unspecified atom stereocenters. The van der Waals surface area contributed by atoms with Gasteiger partial charge in [-0.3, -0.25) is 0 Å². The number of fused-ring (bicyclic) bond motifs is 2. The van der Waals surface area contributed by atoms with Crippen molar-refractivity contribution < 1.29 is 4.79 Å². The standard InChI is InChI=1S/C26H29N7OS/c1-16-14-33(17(2)13-28-16)26(34)32-9-6-18(7-10-32)23-12-20-21(5-8-27-25(20)31-23)30-19-3-4-22-24(11-19)35-15-29-22/h3-6,8,11-12,15-17,28H,7,9-10,13-14H2,1-2H3,(H2,27,30,31)/t16-,17+/m1/s1. The molecule has 8 nitrogen and oxygen atoms in total. The number of benzene rings is 1. The normalized spacial score (nSPS) is 20.9. The van der Waals surface area contributed by atoms with Crippen molar-refractivity contribution in [1.82, 2.24) is 30.1 Å². The van der Waals surface area contributed by atoms with Gasteiger partial charge in [0.2, 0.25) is 0 Å². The van der Waals surface area contributed by atoms with E-state index in [-0.39, 0.29) is 12.1 Å². The first-order valence-corrected chi connectivity index (χ1v) is 13.0. The average molecular weight is 488 g/mol. The van der Waals surface area contributed by atoms with Crippen molar-refractivity contribution in [2.75, 3.05) is 31.5 Å². The lowest BCUT2D eigenvalue weighted by molar-refractivity contribution is 0.118. The van der Waals surface area contributed by atoms with Crippen LogP contribution in [0.3, 0.4) is 0 Å². The molecule has 1 fully saturated rings. The number of carbonyl (C=O) groups is 1. The van der Waals surface area contributed by atoms with Gasteiger partial charge in [-0.05, 0) is 56.2 Å². The number of pyridine rings is 1. The van der Waals surface area contributed by atoms with E-state index in [9.17, 15) is 4.79 Å². The fourth-order valence-corrected chi connectivity index (χ4v) is 5.67. The smallest absolute Gasteiger partial charge is 0.320 e. The Morgan fingerprint density at radius 3 is 2.97 bits per heavy atom. The second-order valence-corrected chi connectivity index (χ2v) is 10.4. The zero-order valence-corrected chi connectivity index (χ0v) is 20.7. The van der Waals surface area contributed by atoms with E-state index in [0.29, 0.717) is 12.6 Å². The van der Waals surface area contributed by atoms with Gasteiger partial charge in [0.15, 0.2) is 0 Å². The number of aromatic amines is 1. The molecule has 2 aliphatic rings. The number of aromatic nitrogens is 3. The van der Waals surface area contributed by atoms with Gasteiger partial charge in [-0.15, -0.1) is 11.3 Å². The Labute approximate surface area is 208 Å². The molecule has 4 aromatic rings. The summed E-state index contributed by atoms with van der Waals surface area (Å²) in [5, 5.41) is 8.04. The number of piperazine rings is 1. The highest BCUT2D eigenvalue weighted by Gasteiger charge is 2.30. The summed E-state index contributed by atoms with van der Waals surface area (Å²) in [5.41, 5.74) is 8.07. The van der Waals surface area contributed by atoms with Crippen LogP contribution in [0.1, 0.15) is 26.0 Å². The summed E-state index contributed by atoms with van der Waals surface area (Å²) < 4.78 is 1.16. The van der Waals surface area contributed by atoms with Gasteiger partial charge in [0.05, 0.1) is 21.4 Å². The number of hydrogen-bond acceptors (Lipinski definition) is 6. The molecule has 0 saturated carbocycles. The lowest BCUT2D eigenvalue weighted by Gasteiger charge is -2.41. The number of carbonyl (C=O) groups excluding carboxylic acids is 1. The molecule has 9 heteroatoms. The minimum absolute atomic E-state index is 0.142. The molecule has 2 aliphatic heterocycles. The van der Waals surface area contributed by atoms with Crippen LogP contribution < -0.4 is 10.6 Å². The molecular weight excluding hydrogens is 458 g/mol. The minimum atomic E-state index is 0.142. The van der Waals surface area contributed by atoms with Crippen LogP contribution >= 0.6 is 11.3 Å². The summed E-state index contributed by atoms with van der Waals surface area (Å²) in [6.45, 7) is 7.19. The lowest BCUT2D eigenvalue weighted by atomic mass is 10.0. The maximum Gasteiger partial charge on any atom is 0.320 e. The third kappa shape index (κ3) is 4.26. The molecule has 0 bridgehead atoms. The number of amides is 2. The molecule has 3 N–H and O–H groups in total. The fraction of sp³-hybridized carbons (Fsp3) is 0.346. The van der Waals surface area contributed by atoms with Crippen molar-refractivity contribution in [2.24, 2.45) is 0 Å². The van der Waals surface area contributed by atoms with Crippen LogP contribution in [0.2, 0.25) is 0 Å². The molecule has 0 radical (unpaired) electrons. The Balaban J connectivity index is 1.20. The van der Waals surface area contributed by atoms with Crippen molar-refractivity contribution >= 4 is 55.6 Å². The second-order valence-electron chi connectivity index (χ2n) is 9.48. The molecule has 0 spiro atoms. The van der Waals surface area contributed by atoms with E-state index >= 15 is 0 Å². The molecule has 2 amide bonds. The van der Waals surface area contributed by atoms with Crippen LogP contribution in [0.25, 0.3) is 26.8 Å². The summed E-state index contributed by atoms with van der Waals surface area (Å²) in [6, 6.07) is 11.1. The molecule has 0 aliphatic carbocycles. The zero-order chi connectivity index (χ0) is 23.9. The predicted octanol–water partition coefficient (Wildman–Crippen LogP) is 4.81. The number of urea groups is 1. The topological polar surface area (TPSA) is 89.2 Å². The zero-order valence-electron chi connectivity index (χ0n) is 19.9. The first-order chi connectivity index (χ1) is 17.0. The third-order valence-corrected chi connectivity index (χ3v) is 7.77. The Morgan fingerprint density at radius 2 is 2.11 bits per heavy atom. The summed E-state index contributed by atoms with van der Waals surface area (Å²) in [7, 11) is 0. The van der Waals surface area contributed by atoms with E-state index in [1.165, 1.54) is 5.57 Å². The van der Waals surface area contributed by atoms with Crippen LogP contribution in [0.5, 0.6) is 0 Å². The maximum atomic E-state index is 13.1. The van der Waals surface area contributed by atoms with Crippen molar-refractivity contribution in [3.05, 3.63) is 53.8 Å². The van der Waals surface area contributed by atoms with Crippen LogP contribution in [0.4, 0.5) is 16.2 Å². The Kier molecular flexibility index (Phi) is 5.66. The molecule has 3 aromatic heterocycles. The number of nitrogens with zero attached hydrogens (tertiary/aromatic N) is 4. The average Bonchev–Trinajstić information content (AvgIpc) is 3.52. The number of hydrogen-bond donors (Lipinski definition) is 3. The van der Waals surface area contributed by atoms with Crippen molar-refractivity contribution in [2.45, 2.75) is 32.4 Å². The van der Waals surface area contributed by atoms with Gasteiger partial charge in [0, 0.05) is 61.2 Å². The Morgan fingerprint density at radius 1 is 1.20 bits per heavy atom. The summed E-state index contributed by atoms with van der Waals surface area (Å²) in [6.07, 6.45) is 4.81. The molecule has 1 saturated heterocycles. The highest BCUT2D eigenvalue weighted by atomic mass is 32.1. The molecule has 2 atom stereocenters. The van der Waals surface area contributed by atoms with Gasteiger partial charge in [0.25, 0.3) is 0 Å². The molecule has 1 aromatic carbocycles. The van der Waals surface area contributed by atoms with Gasteiger partial charge < -0.3 is 25.4 Å². The van der Waals surface area contributed by atoms with Crippen LogP contribution in [0, 0.1) is 0 Å². The summed E-state index contributed by atoms with van der Waals surface area (Å²) in [5.74, 6) is 0. The van der Waals surface area contributed by atoms with E-state index in [0.717, 1.165) is 64.4 Å². The van der Waals surface area contributed by atoms with Crippen molar-refractivity contribution in [3.8, 4) is 0 Å². The molecule has 180 valence electrons. The molecule has 35 heavy (non-hydrogen) atoms. The number of anilines is 2. The number of thiazole rings is 1. The fourth-order valence-electron chi connectivity index (χ4n) is 4.95. The lowest BCUT2D eigenvalue weighted by Crippen LogP contribution is -2.59. The minimum Gasteiger partial charge on any atom is -0.355 e. The second kappa shape index (κ2) is 8.98. The van der Waals surface area contributed by atoms with Gasteiger partial charge in [0.1, 0.15) is 5.65 Å². The molecule has 5 heterocycles. The van der Waals surface area contributed by atoms with E-state index < -0.39 is 0 Å². The third-order valence-electron chi connectivity index (χ3n) is 6.98. The first kappa shape index (κ1) is 22.1. The number of nitrogens with one attached hydrogen (secondary N) is 3. The highest BCUT2D eigenvalue weighted by Crippen LogP contribution is 2.31. The van der Waals surface area contributed by atoms with Gasteiger partial charge in [-0.1, -0.05) is 6.08 Å². The predicted molar refractivity (Wildman–Crippen MR) is 142 cm³/mol. The van der Waals surface area contributed by atoms with Gasteiger partial charge >= 0.3 is 6.03 Å². The summed E-state index contributed by atoms with van der Waals surface area (Å²) >= 11 is 1.64. The van der Waals surface area contributed by atoms with Crippen molar-refractivity contribution in [3.63, 3.8) is 0 Å². The maximum absolute atomic E-state index is 13.1. The SMILES string of the molecule is C[C@@H]1CN(C(=O)N2CC=C(c3cc4c(Nc5ccc6ncsc6c5)ccnc4[nH]3)CC2)[C@@H](C)CN1. The van der Waals surface area contributed by atoms with Crippen LogP contribution in [-0.4, -0.2) is 69.0 Å². The van der Waals surface area contributed by atoms with Gasteiger partial charge in [-0.2, -0.15) is 0 Å². The highest BCUT2D eigenvalue weighted by molar-refractivity contribution is 7.16. The van der Waals surface area contributed by atoms with E-state index in [1.807, 2.05) is 33.6 Å². The summed E-state index contributed by atoms with van der Waals surface area (Å²) in [4.78, 5) is 29.5. The Hall–Kier alpha value is -3.43. The monoisotopic (exact) mass is 487 g/mol. The van der Waals surface area contributed by atoms with E-state index in [4.69, 9.17) is 0 Å². The van der Waals surface area contributed by atoms with Crippen molar-refractivity contribution in [1.29, 1.82) is 0 Å². The quantitative estimate of drug-likeness (QED) is 0.386. The largest absolute Gasteiger partial charge is 0.355 e. The van der Waals surface area contributed by atoms with Crippen LogP contribution in [-0.2, 0) is 0 Å². The van der Waals surface area contributed by atoms with Crippen LogP contribution in [0.15, 0.2) is 48.1 Å². The van der Waals surface area contributed by atoms with E-state index in [2.05, 4.69) is 63.7 Å². The number of H-pyrrole nitrogens is 1. The molecular formula is C26H29N7OS.